The summed E-state index contributed by atoms with van der Waals surface area (Å²) in [7, 11) is 0. The van der Waals surface area contributed by atoms with Crippen molar-refractivity contribution >= 4 is 41.5 Å². The third-order valence-electron chi connectivity index (χ3n) is 2.92. The molecule has 7 heteroatoms. The molecule has 2 rings (SSSR count). The Labute approximate surface area is 152 Å². The van der Waals surface area contributed by atoms with Crippen molar-refractivity contribution in [3.05, 3.63) is 54.0 Å². The van der Waals surface area contributed by atoms with Gasteiger partial charge in [-0.25, -0.2) is 4.99 Å². The molecule has 6 nitrogen and oxygen atoms in total. The van der Waals surface area contributed by atoms with E-state index in [0.29, 0.717) is 18.2 Å². The van der Waals surface area contributed by atoms with E-state index in [1.165, 1.54) is 6.26 Å². The highest BCUT2D eigenvalue weighted by Crippen LogP contribution is 2.13. The van der Waals surface area contributed by atoms with Crippen molar-refractivity contribution in [2.24, 2.45) is 10.7 Å². The van der Waals surface area contributed by atoms with Crippen LogP contribution in [0.3, 0.4) is 0 Å². The summed E-state index contributed by atoms with van der Waals surface area (Å²) >= 11 is 0. The van der Waals surface area contributed by atoms with E-state index in [-0.39, 0.29) is 35.6 Å². The van der Waals surface area contributed by atoms with Crippen LogP contribution in [-0.2, 0) is 6.54 Å². The lowest BCUT2D eigenvalue weighted by atomic mass is 10.2. The monoisotopic (exact) mass is 428 g/mol. The van der Waals surface area contributed by atoms with Crippen molar-refractivity contribution in [2.45, 2.75) is 19.9 Å². The third-order valence-corrected chi connectivity index (χ3v) is 2.92. The van der Waals surface area contributed by atoms with E-state index < -0.39 is 0 Å². The Morgan fingerprint density at radius 3 is 2.83 bits per heavy atom. The maximum absolute atomic E-state index is 11.9. The Balaban J connectivity index is 0.00000264. The lowest BCUT2D eigenvalue weighted by molar-refractivity contribution is 0.0996. The number of aliphatic imine (C=N–C) groups is 1. The Morgan fingerprint density at radius 1 is 1.30 bits per heavy atom. The van der Waals surface area contributed by atoms with Gasteiger partial charge in [0.1, 0.15) is 0 Å². The smallest absolute Gasteiger partial charge is 0.291 e. The van der Waals surface area contributed by atoms with Crippen molar-refractivity contribution in [1.29, 1.82) is 0 Å². The van der Waals surface area contributed by atoms with Crippen LogP contribution in [0, 0.1) is 0 Å². The maximum Gasteiger partial charge on any atom is 0.291 e. The van der Waals surface area contributed by atoms with Gasteiger partial charge >= 0.3 is 0 Å². The van der Waals surface area contributed by atoms with Crippen LogP contribution in [-0.4, -0.2) is 18.4 Å². The van der Waals surface area contributed by atoms with E-state index >= 15 is 0 Å². The van der Waals surface area contributed by atoms with Gasteiger partial charge in [-0.15, -0.1) is 24.0 Å². The van der Waals surface area contributed by atoms with Gasteiger partial charge in [0.05, 0.1) is 12.8 Å². The average molecular weight is 428 g/mol. The molecular weight excluding hydrogens is 407 g/mol. The number of rotatable bonds is 6. The first-order valence-corrected chi connectivity index (χ1v) is 7.16. The van der Waals surface area contributed by atoms with Crippen LogP contribution in [0.15, 0.2) is 52.1 Å². The number of carbonyl (C=O) groups is 1. The first-order chi connectivity index (χ1) is 10.7. The summed E-state index contributed by atoms with van der Waals surface area (Å²) in [6.45, 7) is 3.31. The molecule has 23 heavy (non-hydrogen) atoms. The molecule has 0 aliphatic heterocycles. The fourth-order valence-corrected chi connectivity index (χ4v) is 1.83. The molecule has 2 aromatic rings. The van der Waals surface area contributed by atoms with Crippen LogP contribution < -0.4 is 16.4 Å². The minimum atomic E-state index is -0.283. The van der Waals surface area contributed by atoms with E-state index in [0.717, 1.165) is 18.5 Å². The van der Waals surface area contributed by atoms with E-state index in [1.807, 2.05) is 24.3 Å². The molecular formula is C16H21IN4O2. The Kier molecular flexibility index (Phi) is 8.17. The lowest BCUT2D eigenvalue weighted by Gasteiger charge is -2.06. The van der Waals surface area contributed by atoms with Crippen LogP contribution in [0.4, 0.5) is 5.69 Å². The highest BCUT2D eigenvalue weighted by Gasteiger charge is 2.08. The summed E-state index contributed by atoms with van der Waals surface area (Å²) in [5.41, 5.74) is 7.39. The van der Waals surface area contributed by atoms with Gasteiger partial charge < -0.3 is 20.8 Å². The van der Waals surface area contributed by atoms with Gasteiger partial charge in [-0.2, -0.15) is 0 Å². The number of halogens is 1. The number of benzene rings is 1. The molecule has 0 saturated carbocycles. The molecule has 0 fully saturated rings. The number of hydrogen-bond acceptors (Lipinski definition) is 3. The lowest BCUT2D eigenvalue weighted by Crippen LogP contribution is -2.32. The van der Waals surface area contributed by atoms with Gasteiger partial charge in [-0.3, -0.25) is 4.79 Å². The molecule has 0 aliphatic carbocycles. The molecule has 1 aromatic heterocycles. The van der Waals surface area contributed by atoms with E-state index in [1.54, 1.807) is 12.1 Å². The normalized spacial score (nSPS) is 10.7. The molecule has 1 heterocycles. The number of amides is 1. The summed E-state index contributed by atoms with van der Waals surface area (Å²) in [6, 6.07) is 10.7. The molecule has 0 unspecified atom stereocenters. The number of nitrogens with one attached hydrogen (secondary N) is 2. The van der Waals surface area contributed by atoms with E-state index in [4.69, 9.17) is 10.2 Å². The van der Waals surface area contributed by atoms with E-state index in [2.05, 4.69) is 22.5 Å². The summed E-state index contributed by atoms with van der Waals surface area (Å²) < 4.78 is 5.06. The standard InChI is InChI=1S/C16H20N4O2.HI/c1-2-8-18-16(17)19-11-12-5-3-6-13(10-12)20-15(21)14-7-4-9-22-14;/h3-7,9-10H,2,8,11H2,1H3,(H,20,21)(H3,17,18,19);1H. The second kappa shape index (κ2) is 9.88. The molecule has 1 aromatic carbocycles. The summed E-state index contributed by atoms with van der Waals surface area (Å²) in [5, 5.41) is 5.79. The van der Waals surface area contributed by atoms with Gasteiger partial charge in [0.25, 0.3) is 5.91 Å². The number of nitrogens with zero attached hydrogens (tertiary/aromatic N) is 1. The van der Waals surface area contributed by atoms with Gasteiger partial charge in [0.2, 0.25) is 0 Å². The summed E-state index contributed by atoms with van der Waals surface area (Å²) in [5.74, 6) is 0.415. The minimum Gasteiger partial charge on any atom is -0.459 e. The number of anilines is 1. The zero-order valence-electron chi connectivity index (χ0n) is 12.9. The van der Waals surface area contributed by atoms with Crippen LogP contribution in [0.5, 0.6) is 0 Å². The second-order valence-electron chi connectivity index (χ2n) is 4.76. The Morgan fingerprint density at radius 2 is 2.13 bits per heavy atom. The summed E-state index contributed by atoms with van der Waals surface area (Å²) in [6.07, 6.45) is 2.46. The quantitative estimate of drug-likeness (QED) is 0.375. The predicted molar refractivity (Wildman–Crippen MR) is 102 cm³/mol. The van der Waals surface area contributed by atoms with Crippen molar-refractivity contribution < 1.29 is 9.21 Å². The average Bonchev–Trinajstić information content (AvgIpc) is 3.06. The molecule has 0 bridgehead atoms. The van der Waals surface area contributed by atoms with E-state index in [9.17, 15) is 4.79 Å². The highest BCUT2D eigenvalue weighted by molar-refractivity contribution is 14.0. The first kappa shape index (κ1) is 19.0. The molecule has 0 aliphatic rings. The summed E-state index contributed by atoms with van der Waals surface area (Å²) in [4.78, 5) is 16.2. The zero-order chi connectivity index (χ0) is 15.8. The highest BCUT2D eigenvalue weighted by atomic mass is 127. The van der Waals surface area contributed by atoms with Crippen LogP contribution >= 0.6 is 24.0 Å². The fourth-order valence-electron chi connectivity index (χ4n) is 1.83. The SMILES string of the molecule is CCCNC(N)=NCc1cccc(NC(=O)c2ccco2)c1.I. The zero-order valence-corrected chi connectivity index (χ0v) is 15.2. The fraction of sp³-hybridized carbons (Fsp3) is 0.250. The molecule has 0 saturated heterocycles. The largest absolute Gasteiger partial charge is 0.459 e. The van der Waals surface area contributed by atoms with Crippen LogP contribution in [0.2, 0.25) is 0 Å². The molecule has 0 radical (unpaired) electrons. The molecule has 124 valence electrons. The number of carbonyl (C=O) groups excluding carboxylic acids is 1. The van der Waals surface area contributed by atoms with Crippen molar-refractivity contribution in [3.8, 4) is 0 Å². The predicted octanol–water partition coefficient (Wildman–Crippen LogP) is 2.96. The number of guanidine groups is 1. The first-order valence-electron chi connectivity index (χ1n) is 7.16. The molecule has 0 atom stereocenters. The topological polar surface area (TPSA) is 92.6 Å². The van der Waals surface area contributed by atoms with Crippen molar-refractivity contribution in [1.82, 2.24) is 5.32 Å². The van der Waals surface area contributed by atoms with Gasteiger partial charge in [-0.1, -0.05) is 19.1 Å². The minimum absolute atomic E-state index is 0. The van der Waals surface area contributed by atoms with Gasteiger partial charge in [-0.05, 0) is 36.2 Å². The van der Waals surface area contributed by atoms with Crippen molar-refractivity contribution in [3.63, 3.8) is 0 Å². The van der Waals surface area contributed by atoms with Crippen LogP contribution in [0.25, 0.3) is 0 Å². The second-order valence-corrected chi connectivity index (χ2v) is 4.76. The van der Waals surface area contributed by atoms with Crippen LogP contribution in [0.1, 0.15) is 29.5 Å². The number of hydrogen-bond donors (Lipinski definition) is 3. The Bertz CT molecular complexity index is 641. The number of furan rings is 1. The van der Waals surface area contributed by atoms with Crippen molar-refractivity contribution in [2.75, 3.05) is 11.9 Å². The third kappa shape index (κ3) is 6.31. The Hall–Kier alpha value is -2.03. The number of nitrogens with two attached hydrogens (primary N) is 1. The van der Waals surface area contributed by atoms with Gasteiger partial charge in [0.15, 0.2) is 11.7 Å². The molecule has 4 N–H and O–H groups in total. The van der Waals surface area contributed by atoms with Gasteiger partial charge in [0, 0.05) is 12.2 Å². The maximum atomic E-state index is 11.9. The molecule has 0 spiro atoms. The molecule has 1 amide bonds.